The van der Waals surface area contributed by atoms with Crippen molar-refractivity contribution in [3.8, 4) is 0 Å². The Labute approximate surface area is 128 Å². The van der Waals surface area contributed by atoms with E-state index in [1.54, 1.807) is 14.0 Å². The molecule has 0 aliphatic rings. The fourth-order valence-corrected chi connectivity index (χ4v) is 2.17. The number of alkyl halides is 2. The molecule has 21 heavy (non-hydrogen) atoms. The molecule has 0 aliphatic heterocycles. The second-order valence-corrected chi connectivity index (χ2v) is 6.25. The van der Waals surface area contributed by atoms with Crippen LogP contribution < -0.4 is 5.73 Å². The van der Waals surface area contributed by atoms with E-state index in [1.807, 2.05) is 0 Å². The third kappa shape index (κ3) is 4.36. The summed E-state index contributed by atoms with van der Waals surface area (Å²) >= 11 is 0. The maximum absolute atomic E-state index is 12.4. The number of halogens is 3. The van der Waals surface area contributed by atoms with Crippen LogP contribution in [0.25, 0.3) is 0 Å². The van der Waals surface area contributed by atoms with Gasteiger partial charge in [0.2, 0.25) is 9.84 Å². The Kier molecular flexibility index (Phi) is 7.21. The first-order valence-corrected chi connectivity index (χ1v) is 7.35. The van der Waals surface area contributed by atoms with Crippen molar-refractivity contribution in [3.63, 3.8) is 0 Å². The van der Waals surface area contributed by atoms with E-state index in [9.17, 15) is 22.0 Å². The fourth-order valence-electron chi connectivity index (χ4n) is 1.45. The number of benzene rings is 1. The van der Waals surface area contributed by atoms with Crippen molar-refractivity contribution in [1.82, 2.24) is 4.90 Å². The third-order valence-electron chi connectivity index (χ3n) is 2.99. The van der Waals surface area contributed by atoms with Crippen LogP contribution in [0.2, 0.25) is 0 Å². The number of sulfone groups is 1. The van der Waals surface area contributed by atoms with Gasteiger partial charge in [-0.3, -0.25) is 4.79 Å². The number of nitrogens with zero attached hydrogens (tertiary/aromatic N) is 1. The van der Waals surface area contributed by atoms with Crippen LogP contribution in [0.3, 0.4) is 0 Å². The Morgan fingerprint density at radius 1 is 1.29 bits per heavy atom. The molecule has 0 aromatic heterocycles. The van der Waals surface area contributed by atoms with Crippen LogP contribution in [-0.2, 0) is 9.84 Å². The molecule has 0 radical (unpaired) electrons. The largest absolute Gasteiger partial charge is 0.341 e. The lowest BCUT2D eigenvalue weighted by Crippen LogP contribution is -2.39. The molecule has 0 heterocycles. The summed E-state index contributed by atoms with van der Waals surface area (Å²) in [5.41, 5.74) is 5.66. The van der Waals surface area contributed by atoms with Crippen molar-refractivity contribution in [1.29, 1.82) is 0 Å². The SMILES string of the molecule is CC(CN)N(C)C(=O)c1ccc(S(=O)(=O)C(F)F)cc1.Cl. The monoisotopic (exact) mass is 342 g/mol. The van der Waals surface area contributed by atoms with Crippen molar-refractivity contribution in [2.75, 3.05) is 13.6 Å². The average Bonchev–Trinajstić information content (AvgIpc) is 2.44. The first-order chi connectivity index (χ1) is 9.21. The predicted octanol–water partition coefficient (Wildman–Crippen LogP) is 1.52. The van der Waals surface area contributed by atoms with Gasteiger partial charge in [-0.15, -0.1) is 12.4 Å². The number of carbonyl (C=O) groups is 1. The van der Waals surface area contributed by atoms with E-state index in [-0.39, 0.29) is 36.5 Å². The molecule has 1 unspecified atom stereocenters. The number of carbonyl (C=O) groups excluding carboxylic acids is 1. The lowest BCUT2D eigenvalue weighted by Gasteiger charge is -2.23. The number of rotatable bonds is 5. The fraction of sp³-hybridized carbons (Fsp3) is 0.417. The van der Waals surface area contributed by atoms with E-state index >= 15 is 0 Å². The maximum Gasteiger partial charge on any atom is 0.341 e. The van der Waals surface area contributed by atoms with Crippen molar-refractivity contribution in [2.24, 2.45) is 5.73 Å². The number of likely N-dealkylation sites (N-methyl/N-ethyl adjacent to an activating group) is 1. The lowest BCUT2D eigenvalue weighted by atomic mass is 10.2. The molecule has 0 fully saturated rings. The quantitative estimate of drug-likeness (QED) is 0.879. The molecule has 1 atom stereocenters. The number of hydrogen-bond acceptors (Lipinski definition) is 4. The summed E-state index contributed by atoms with van der Waals surface area (Å²) in [4.78, 5) is 12.9. The zero-order valence-electron chi connectivity index (χ0n) is 11.5. The standard InChI is InChI=1S/C12H16F2N2O3S.ClH/c1-8(7-15)16(2)11(17)9-3-5-10(6-4-9)20(18,19)12(13)14;/h3-6,8,12H,7,15H2,1-2H3;1H. The third-order valence-corrected chi connectivity index (χ3v) is 4.39. The molecular weight excluding hydrogens is 326 g/mol. The Morgan fingerprint density at radius 2 is 1.76 bits per heavy atom. The van der Waals surface area contributed by atoms with Gasteiger partial charge in [0, 0.05) is 25.2 Å². The minimum absolute atomic E-state index is 0. The van der Waals surface area contributed by atoms with Gasteiger partial charge in [0.25, 0.3) is 5.91 Å². The van der Waals surface area contributed by atoms with Crippen LogP contribution in [0.4, 0.5) is 8.78 Å². The van der Waals surface area contributed by atoms with Gasteiger partial charge in [0.15, 0.2) is 0 Å². The van der Waals surface area contributed by atoms with E-state index < -0.39 is 20.5 Å². The highest BCUT2D eigenvalue weighted by atomic mass is 35.5. The summed E-state index contributed by atoms with van der Waals surface area (Å²) in [6, 6.07) is 4.21. The summed E-state index contributed by atoms with van der Waals surface area (Å²) < 4.78 is 47.2. The summed E-state index contributed by atoms with van der Waals surface area (Å²) in [6.45, 7) is 2.04. The smallest absolute Gasteiger partial charge is 0.338 e. The Balaban J connectivity index is 0.00000400. The van der Waals surface area contributed by atoms with Gasteiger partial charge >= 0.3 is 5.76 Å². The van der Waals surface area contributed by atoms with Crippen molar-refractivity contribution >= 4 is 28.2 Å². The minimum Gasteiger partial charge on any atom is -0.338 e. The summed E-state index contributed by atoms with van der Waals surface area (Å²) in [7, 11) is -3.08. The van der Waals surface area contributed by atoms with Crippen LogP contribution in [-0.4, -0.2) is 44.6 Å². The van der Waals surface area contributed by atoms with E-state index in [1.165, 1.54) is 17.0 Å². The molecule has 5 nitrogen and oxygen atoms in total. The summed E-state index contributed by atoms with van der Waals surface area (Å²) in [5, 5.41) is 0. The van der Waals surface area contributed by atoms with Crippen LogP contribution in [0.1, 0.15) is 17.3 Å². The molecule has 1 rings (SSSR count). The first kappa shape index (κ1) is 19.8. The zero-order valence-corrected chi connectivity index (χ0v) is 13.1. The topological polar surface area (TPSA) is 80.5 Å². The van der Waals surface area contributed by atoms with Crippen molar-refractivity contribution in [2.45, 2.75) is 23.6 Å². The van der Waals surface area contributed by atoms with Gasteiger partial charge in [-0.05, 0) is 31.2 Å². The molecule has 0 bridgehead atoms. The highest BCUT2D eigenvalue weighted by Crippen LogP contribution is 2.19. The van der Waals surface area contributed by atoms with Crippen LogP contribution in [0.15, 0.2) is 29.2 Å². The second-order valence-electron chi connectivity index (χ2n) is 4.33. The molecule has 1 aromatic carbocycles. The van der Waals surface area contributed by atoms with E-state index in [0.717, 1.165) is 12.1 Å². The molecular formula is C12H17ClF2N2O3S. The highest BCUT2D eigenvalue weighted by Gasteiger charge is 2.26. The Hall–Kier alpha value is -1.25. The van der Waals surface area contributed by atoms with Gasteiger partial charge in [-0.25, -0.2) is 8.42 Å². The average molecular weight is 343 g/mol. The highest BCUT2D eigenvalue weighted by molar-refractivity contribution is 7.91. The van der Waals surface area contributed by atoms with Crippen LogP contribution >= 0.6 is 12.4 Å². The molecule has 2 N–H and O–H groups in total. The summed E-state index contributed by atoms with van der Waals surface area (Å²) in [6.07, 6.45) is 0. The molecule has 0 spiro atoms. The zero-order chi connectivity index (χ0) is 15.5. The van der Waals surface area contributed by atoms with Gasteiger partial charge in [-0.2, -0.15) is 8.78 Å². The molecule has 1 aromatic rings. The van der Waals surface area contributed by atoms with Gasteiger partial charge in [0.1, 0.15) is 0 Å². The first-order valence-electron chi connectivity index (χ1n) is 5.81. The van der Waals surface area contributed by atoms with Crippen LogP contribution in [0.5, 0.6) is 0 Å². The van der Waals surface area contributed by atoms with E-state index in [2.05, 4.69) is 0 Å². The minimum atomic E-state index is -4.64. The number of nitrogens with two attached hydrogens (primary N) is 1. The van der Waals surface area contributed by atoms with Gasteiger partial charge < -0.3 is 10.6 Å². The molecule has 1 amide bonds. The van der Waals surface area contributed by atoms with E-state index in [4.69, 9.17) is 5.73 Å². The normalized spacial score (nSPS) is 12.7. The molecule has 9 heteroatoms. The second kappa shape index (κ2) is 7.67. The van der Waals surface area contributed by atoms with Crippen molar-refractivity contribution in [3.05, 3.63) is 29.8 Å². The van der Waals surface area contributed by atoms with Crippen molar-refractivity contribution < 1.29 is 22.0 Å². The summed E-state index contributed by atoms with van der Waals surface area (Å²) in [5.74, 6) is -3.84. The maximum atomic E-state index is 12.4. The van der Waals surface area contributed by atoms with E-state index in [0.29, 0.717) is 0 Å². The lowest BCUT2D eigenvalue weighted by molar-refractivity contribution is 0.0748. The molecule has 0 saturated carbocycles. The van der Waals surface area contributed by atoms with Gasteiger partial charge in [-0.1, -0.05) is 0 Å². The van der Waals surface area contributed by atoms with Crippen LogP contribution in [0, 0.1) is 0 Å². The van der Waals surface area contributed by atoms with Gasteiger partial charge in [0.05, 0.1) is 4.90 Å². The number of amides is 1. The predicted molar refractivity (Wildman–Crippen MR) is 77.5 cm³/mol. The molecule has 0 aliphatic carbocycles. The Morgan fingerprint density at radius 3 is 2.14 bits per heavy atom. The number of hydrogen-bond donors (Lipinski definition) is 1. The molecule has 120 valence electrons. The molecule has 0 saturated heterocycles. The Bertz CT molecular complexity index is 579.